The third-order valence-electron chi connectivity index (χ3n) is 3.01. The van der Waals surface area contributed by atoms with Crippen molar-refractivity contribution in [1.82, 2.24) is 0 Å². The number of phenols is 1. The van der Waals surface area contributed by atoms with Crippen molar-refractivity contribution in [2.24, 2.45) is 0 Å². The molecule has 0 unspecified atom stereocenters. The van der Waals surface area contributed by atoms with Crippen molar-refractivity contribution in [3.63, 3.8) is 0 Å². The van der Waals surface area contributed by atoms with Crippen LogP contribution in [0.2, 0.25) is 0 Å². The van der Waals surface area contributed by atoms with Gasteiger partial charge in [0.2, 0.25) is 0 Å². The van der Waals surface area contributed by atoms with Crippen LogP contribution in [0.4, 0.5) is 0 Å². The smallest absolute Gasteiger partial charge is 0.119 e. The number of hydrogen-bond acceptors (Lipinski definition) is 2. The summed E-state index contributed by atoms with van der Waals surface area (Å²) in [4.78, 5) is 1.22. The highest BCUT2D eigenvalue weighted by Crippen LogP contribution is 2.29. The molecule has 0 heterocycles. The maximum absolute atomic E-state index is 9.59. The molecule has 0 saturated heterocycles. The number of phenolic OH excluding ortho intramolecular Hbond substituents is 1. The van der Waals surface area contributed by atoms with Crippen LogP contribution in [-0.4, -0.2) is 10.9 Å². The standard InChI is InChI=1S/C15H24OS/c1-3-4-5-6-7-8-12-17-15-11-9-10-14(16)13(15)2/h9-11,16H,3-8,12H2,1-2H3. The number of rotatable bonds is 8. The molecule has 0 fully saturated rings. The largest absolute Gasteiger partial charge is 0.508 e. The predicted molar refractivity (Wildman–Crippen MR) is 76.9 cm³/mol. The quantitative estimate of drug-likeness (QED) is 0.510. The Morgan fingerprint density at radius 2 is 1.76 bits per heavy atom. The van der Waals surface area contributed by atoms with E-state index in [1.807, 2.05) is 24.8 Å². The molecule has 0 aliphatic heterocycles. The normalized spacial score (nSPS) is 10.7. The maximum Gasteiger partial charge on any atom is 0.119 e. The van der Waals surface area contributed by atoms with Gasteiger partial charge in [0.1, 0.15) is 5.75 Å². The first-order valence-electron chi connectivity index (χ1n) is 6.67. The SMILES string of the molecule is CCCCCCCCSc1cccc(O)c1C. The van der Waals surface area contributed by atoms with E-state index in [2.05, 4.69) is 13.0 Å². The molecule has 0 amide bonds. The molecule has 1 nitrogen and oxygen atoms in total. The van der Waals surface area contributed by atoms with Crippen molar-refractivity contribution >= 4 is 11.8 Å². The fraction of sp³-hybridized carbons (Fsp3) is 0.600. The number of thioether (sulfide) groups is 1. The summed E-state index contributed by atoms with van der Waals surface area (Å²) in [6.07, 6.45) is 8.06. The van der Waals surface area contributed by atoms with Crippen molar-refractivity contribution in [2.75, 3.05) is 5.75 Å². The number of aromatic hydroxyl groups is 1. The van der Waals surface area contributed by atoms with Crippen LogP contribution >= 0.6 is 11.8 Å². The van der Waals surface area contributed by atoms with Crippen LogP contribution in [0.3, 0.4) is 0 Å². The van der Waals surface area contributed by atoms with Gasteiger partial charge in [-0.2, -0.15) is 0 Å². The van der Waals surface area contributed by atoms with E-state index in [4.69, 9.17) is 0 Å². The molecular formula is C15H24OS. The van der Waals surface area contributed by atoms with Gasteiger partial charge in [0, 0.05) is 10.5 Å². The monoisotopic (exact) mass is 252 g/mol. The Morgan fingerprint density at radius 3 is 2.53 bits per heavy atom. The second-order valence-corrected chi connectivity index (χ2v) is 5.65. The highest BCUT2D eigenvalue weighted by Gasteiger charge is 2.02. The third-order valence-corrected chi connectivity index (χ3v) is 4.26. The van der Waals surface area contributed by atoms with Gasteiger partial charge in [-0.25, -0.2) is 0 Å². The topological polar surface area (TPSA) is 20.2 Å². The first kappa shape index (κ1) is 14.4. The van der Waals surface area contributed by atoms with Crippen LogP contribution in [0, 0.1) is 6.92 Å². The van der Waals surface area contributed by atoms with Gasteiger partial charge in [0.05, 0.1) is 0 Å². The fourth-order valence-electron chi connectivity index (χ4n) is 1.82. The highest BCUT2D eigenvalue weighted by molar-refractivity contribution is 7.99. The molecule has 1 N–H and O–H groups in total. The molecule has 0 radical (unpaired) electrons. The summed E-state index contributed by atoms with van der Waals surface area (Å²) in [7, 11) is 0. The van der Waals surface area contributed by atoms with Crippen molar-refractivity contribution in [2.45, 2.75) is 57.3 Å². The summed E-state index contributed by atoms with van der Waals surface area (Å²) < 4.78 is 0. The Hall–Kier alpha value is -0.630. The van der Waals surface area contributed by atoms with E-state index >= 15 is 0 Å². The lowest BCUT2D eigenvalue weighted by atomic mass is 10.1. The zero-order valence-corrected chi connectivity index (χ0v) is 11.9. The van der Waals surface area contributed by atoms with Gasteiger partial charge < -0.3 is 5.11 Å². The molecule has 0 spiro atoms. The molecule has 1 aromatic carbocycles. The van der Waals surface area contributed by atoms with E-state index in [1.54, 1.807) is 6.07 Å². The molecular weight excluding hydrogens is 228 g/mol. The van der Waals surface area contributed by atoms with Crippen molar-refractivity contribution in [3.8, 4) is 5.75 Å². The van der Waals surface area contributed by atoms with E-state index < -0.39 is 0 Å². The lowest BCUT2D eigenvalue weighted by molar-refractivity contribution is 0.469. The Kier molecular flexibility index (Phi) is 7.18. The fourth-order valence-corrected chi connectivity index (χ4v) is 2.89. The third kappa shape index (κ3) is 5.49. The van der Waals surface area contributed by atoms with Crippen LogP contribution in [-0.2, 0) is 0 Å². The van der Waals surface area contributed by atoms with Gasteiger partial charge in [-0.3, -0.25) is 0 Å². The molecule has 0 aliphatic carbocycles. The average Bonchev–Trinajstić information content (AvgIpc) is 2.33. The maximum atomic E-state index is 9.59. The Labute approximate surface area is 110 Å². The van der Waals surface area contributed by atoms with Gasteiger partial charge in [-0.05, 0) is 31.2 Å². The van der Waals surface area contributed by atoms with Crippen LogP contribution in [0.25, 0.3) is 0 Å². The number of unbranched alkanes of at least 4 members (excludes halogenated alkanes) is 5. The van der Waals surface area contributed by atoms with Gasteiger partial charge in [-0.1, -0.05) is 45.1 Å². The highest BCUT2D eigenvalue weighted by atomic mass is 32.2. The minimum absolute atomic E-state index is 0.415. The second kappa shape index (κ2) is 8.46. The van der Waals surface area contributed by atoms with Gasteiger partial charge in [0.25, 0.3) is 0 Å². The zero-order valence-electron chi connectivity index (χ0n) is 11.0. The summed E-state index contributed by atoms with van der Waals surface area (Å²) in [5.41, 5.74) is 1.02. The Balaban J connectivity index is 2.16. The lowest BCUT2D eigenvalue weighted by Crippen LogP contribution is -1.85. The minimum Gasteiger partial charge on any atom is -0.508 e. The van der Waals surface area contributed by atoms with Crippen LogP contribution in [0.15, 0.2) is 23.1 Å². The first-order chi connectivity index (χ1) is 8.25. The Morgan fingerprint density at radius 1 is 1.06 bits per heavy atom. The molecule has 0 atom stereocenters. The van der Waals surface area contributed by atoms with E-state index in [0.29, 0.717) is 5.75 Å². The molecule has 96 valence electrons. The van der Waals surface area contributed by atoms with E-state index in [1.165, 1.54) is 43.4 Å². The minimum atomic E-state index is 0.415. The van der Waals surface area contributed by atoms with Crippen molar-refractivity contribution in [3.05, 3.63) is 23.8 Å². The summed E-state index contributed by atoms with van der Waals surface area (Å²) >= 11 is 1.86. The zero-order chi connectivity index (χ0) is 12.5. The molecule has 0 bridgehead atoms. The molecule has 0 aromatic heterocycles. The molecule has 1 aromatic rings. The van der Waals surface area contributed by atoms with Crippen LogP contribution < -0.4 is 0 Å². The van der Waals surface area contributed by atoms with Crippen molar-refractivity contribution in [1.29, 1.82) is 0 Å². The van der Waals surface area contributed by atoms with Gasteiger partial charge in [-0.15, -0.1) is 11.8 Å². The van der Waals surface area contributed by atoms with Crippen LogP contribution in [0.1, 0.15) is 51.0 Å². The lowest BCUT2D eigenvalue weighted by Gasteiger charge is -2.06. The molecule has 1 rings (SSSR count). The molecule has 0 saturated carbocycles. The first-order valence-corrected chi connectivity index (χ1v) is 7.65. The average molecular weight is 252 g/mol. The van der Waals surface area contributed by atoms with Crippen molar-refractivity contribution < 1.29 is 5.11 Å². The Bertz CT molecular complexity index is 323. The second-order valence-electron chi connectivity index (χ2n) is 4.52. The summed E-state index contributed by atoms with van der Waals surface area (Å²) in [6, 6.07) is 5.77. The summed E-state index contributed by atoms with van der Waals surface area (Å²) in [5, 5.41) is 9.59. The van der Waals surface area contributed by atoms with Gasteiger partial charge in [0.15, 0.2) is 0 Å². The van der Waals surface area contributed by atoms with Crippen LogP contribution in [0.5, 0.6) is 5.75 Å². The molecule has 2 heteroatoms. The van der Waals surface area contributed by atoms with E-state index in [0.717, 1.165) is 11.3 Å². The van der Waals surface area contributed by atoms with E-state index in [-0.39, 0.29) is 0 Å². The number of benzene rings is 1. The molecule has 17 heavy (non-hydrogen) atoms. The molecule has 0 aliphatic rings. The number of hydrogen-bond donors (Lipinski definition) is 1. The van der Waals surface area contributed by atoms with E-state index in [9.17, 15) is 5.11 Å². The summed E-state index contributed by atoms with van der Waals surface area (Å²) in [6.45, 7) is 4.24. The predicted octanol–water partition coefficient (Wildman–Crippen LogP) is 5.15. The van der Waals surface area contributed by atoms with Gasteiger partial charge >= 0.3 is 0 Å². The summed E-state index contributed by atoms with van der Waals surface area (Å²) in [5.74, 6) is 1.58.